The van der Waals surface area contributed by atoms with E-state index in [2.05, 4.69) is 37.5 Å². The number of aryl methyl sites for hydroxylation is 3. The number of nitrogens with one attached hydrogen (secondary N) is 2. The average molecular weight is 438 g/mol. The Morgan fingerprint density at radius 2 is 2.06 bits per heavy atom. The van der Waals surface area contributed by atoms with Crippen LogP contribution in [0.1, 0.15) is 36.9 Å². The van der Waals surface area contributed by atoms with Gasteiger partial charge in [-0.25, -0.2) is 14.6 Å². The maximum atomic E-state index is 12.7. The molecule has 1 saturated heterocycles. The average Bonchev–Trinajstić information content (AvgIpc) is 3.47. The summed E-state index contributed by atoms with van der Waals surface area (Å²) in [7, 11) is 0. The van der Waals surface area contributed by atoms with Crippen LogP contribution in [0.15, 0.2) is 28.7 Å². The number of nitrogens with zero attached hydrogens (tertiary/aromatic N) is 5. The summed E-state index contributed by atoms with van der Waals surface area (Å²) in [6, 6.07) is 7.94. The van der Waals surface area contributed by atoms with Gasteiger partial charge in [0.05, 0.1) is 5.69 Å². The zero-order chi connectivity index (χ0) is 22.7. The number of hydrogen-bond donors (Lipinski definition) is 2. The lowest BCUT2D eigenvalue weighted by atomic mass is 10.3. The number of likely N-dealkylation sites (tertiary alicyclic amines) is 1. The van der Waals surface area contributed by atoms with E-state index in [0.717, 1.165) is 49.7 Å². The van der Waals surface area contributed by atoms with Gasteiger partial charge in [-0.15, -0.1) is 0 Å². The van der Waals surface area contributed by atoms with E-state index in [1.54, 1.807) is 10.7 Å². The van der Waals surface area contributed by atoms with E-state index in [1.807, 2.05) is 39.0 Å². The van der Waals surface area contributed by atoms with Crippen molar-refractivity contribution in [2.45, 2.75) is 46.6 Å². The van der Waals surface area contributed by atoms with Crippen LogP contribution < -0.4 is 10.6 Å². The Hall–Kier alpha value is -3.04. The molecule has 170 valence electrons. The monoisotopic (exact) mass is 437 g/mol. The lowest BCUT2D eigenvalue weighted by Gasteiger charge is -2.16. The van der Waals surface area contributed by atoms with Crippen molar-refractivity contribution in [3.8, 4) is 17.4 Å². The van der Waals surface area contributed by atoms with Gasteiger partial charge in [-0.05, 0) is 58.5 Å². The molecule has 3 aromatic heterocycles. The van der Waals surface area contributed by atoms with Crippen LogP contribution in [-0.2, 0) is 4.79 Å². The maximum absolute atomic E-state index is 12.7. The van der Waals surface area contributed by atoms with Gasteiger partial charge in [-0.1, -0.05) is 6.92 Å². The second-order valence-corrected chi connectivity index (χ2v) is 8.33. The van der Waals surface area contributed by atoms with Crippen molar-refractivity contribution in [1.29, 1.82) is 0 Å². The first-order valence-corrected chi connectivity index (χ1v) is 11.2. The third kappa shape index (κ3) is 5.23. The van der Waals surface area contributed by atoms with E-state index in [0.29, 0.717) is 35.7 Å². The van der Waals surface area contributed by atoms with Crippen LogP contribution in [0.2, 0.25) is 0 Å². The Balaban J connectivity index is 1.50. The number of aromatic nitrogens is 4. The number of rotatable bonds is 8. The molecule has 4 rings (SSSR count). The fourth-order valence-electron chi connectivity index (χ4n) is 4.09. The van der Waals surface area contributed by atoms with E-state index in [4.69, 9.17) is 4.42 Å². The topological polar surface area (TPSA) is 101 Å². The smallest absolute Gasteiger partial charge is 0.226 e. The minimum absolute atomic E-state index is 0.0727. The molecule has 0 radical (unpaired) electrons. The first-order chi connectivity index (χ1) is 15.4. The molecule has 0 bridgehead atoms. The van der Waals surface area contributed by atoms with Crippen LogP contribution in [0.4, 0.5) is 5.82 Å². The molecule has 2 N–H and O–H groups in total. The number of likely N-dealkylation sites (N-methyl/N-ethyl adjacent to an activating group) is 1. The van der Waals surface area contributed by atoms with Gasteiger partial charge in [0.15, 0.2) is 17.4 Å². The normalized spacial score (nSPS) is 16.6. The summed E-state index contributed by atoms with van der Waals surface area (Å²) in [6.45, 7) is 11.6. The standard InChI is InChI=1S/C23H31N7O2/c1-5-24-18-8-10-29(14-18)11-9-22(31)25-20-13-21(30-16(3)12-15(2)28-30)27-23(26-20)19-7-6-17(4)32-19/h6-7,12-13,18,24H,5,8-11,14H2,1-4H3,(H,25,26,27,31)/t18-/m0/s1. The molecule has 1 amide bonds. The van der Waals surface area contributed by atoms with Crippen molar-refractivity contribution in [1.82, 2.24) is 30.0 Å². The molecule has 9 heteroatoms. The molecular formula is C23H31N7O2. The van der Waals surface area contributed by atoms with Gasteiger partial charge in [-0.3, -0.25) is 4.79 Å². The molecule has 32 heavy (non-hydrogen) atoms. The molecule has 3 aromatic rings. The third-order valence-corrected chi connectivity index (χ3v) is 5.59. The van der Waals surface area contributed by atoms with Gasteiger partial charge in [0.2, 0.25) is 5.91 Å². The van der Waals surface area contributed by atoms with E-state index in [9.17, 15) is 4.79 Å². The highest BCUT2D eigenvalue weighted by Crippen LogP contribution is 2.23. The van der Waals surface area contributed by atoms with Gasteiger partial charge < -0.3 is 20.0 Å². The third-order valence-electron chi connectivity index (χ3n) is 5.59. The second kappa shape index (κ2) is 9.62. The second-order valence-electron chi connectivity index (χ2n) is 8.33. The fraction of sp³-hybridized carbons (Fsp3) is 0.478. The van der Waals surface area contributed by atoms with Gasteiger partial charge in [0, 0.05) is 37.3 Å². The summed E-state index contributed by atoms with van der Waals surface area (Å²) in [5.74, 6) is 2.67. The van der Waals surface area contributed by atoms with Crippen LogP contribution in [0, 0.1) is 20.8 Å². The fourth-order valence-corrected chi connectivity index (χ4v) is 4.09. The molecule has 4 heterocycles. The van der Waals surface area contributed by atoms with Crippen molar-refractivity contribution in [3.05, 3.63) is 41.4 Å². The van der Waals surface area contributed by atoms with E-state index in [1.165, 1.54) is 0 Å². The zero-order valence-electron chi connectivity index (χ0n) is 19.2. The quantitative estimate of drug-likeness (QED) is 0.559. The Bertz CT molecular complexity index is 1090. The molecule has 0 aliphatic carbocycles. The summed E-state index contributed by atoms with van der Waals surface area (Å²) in [4.78, 5) is 24.2. The molecule has 0 unspecified atom stereocenters. The maximum Gasteiger partial charge on any atom is 0.226 e. The Morgan fingerprint density at radius 3 is 2.75 bits per heavy atom. The van der Waals surface area contributed by atoms with Crippen LogP contribution in [0.25, 0.3) is 17.4 Å². The zero-order valence-corrected chi connectivity index (χ0v) is 19.2. The summed E-state index contributed by atoms with van der Waals surface area (Å²) in [6.07, 6.45) is 1.53. The van der Waals surface area contributed by atoms with Crippen LogP contribution in [-0.4, -0.2) is 62.8 Å². The Morgan fingerprint density at radius 1 is 1.22 bits per heavy atom. The number of hydrogen-bond acceptors (Lipinski definition) is 7. The van der Waals surface area contributed by atoms with Gasteiger partial charge in [-0.2, -0.15) is 5.10 Å². The number of anilines is 1. The highest BCUT2D eigenvalue weighted by molar-refractivity contribution is 5.90. The summed E-state index contributed by atoms with van der Waals surface area (Å²) in [5.41, 5.74) is 1.84. The molecule has 0 saturated carbocycles. The summed E-state index contributed by atoms with van der Waals surface area (Å²) in [5, 5.41) is 10.9. The van der Waals surface area contributed by atoms with Crippen LogP contribution in [0.5, 0.6) is 0 Å². The van der Waals surface area contributed by atoms with E-state index >= 15 is 0 Å². The minimum atomic E-state index is -0.0727. The van der Waals surface area contributed by atoms with Crippen molar-refractivity contribution in [2.75, 3.05) is 31.5 Å². The Labute approximate surface area is 188 Å². The minimum Gasteiger partial charge on any atom is -0.458 e. The lowest BCUT2D eigenvalue weighted by Crippen LogP contribution is -2.33. The number of carbonyl (C=O) groups is 1. The number of furan rings is 1. The van der Waals surface area contributed by atoms with E-state index < -0.39 is 0 Å². The summed E-state index contributed by atoms with van der Waals surface area (Å²) < 4.78 is 7.47. The highest BCUT2D eigenvalue weighted by Gasteiger charge is 2.22. The largest absolute Gasteiger partial charge is 0.458 e. The van der Waals surface area contributed by atoms with E-state index in [-0.39, 0.29) is 5.91 Å². The molecule has 0 spiro atoms. The predicted octanol–water partition coefficient (Wildman–Crippen LogP) is 2.86. The molecule has 0 aromatic carbocycles. The molecule has 1 atom stereocenters. The van der Waals surface area contributed by atoms with Crippen molar-refractivity contribution in [3.63, 3.8) is 0 Å². The summed E-state index contributed by atoms with van der Waals surface area (Å²) >= 11 is 0. The lowest BCUT2D eigenvalue weighted by molar-refractivity contribution is -0.116. The molecular weight excluding hydrogens is 406 g/mol. The molecule has 9 nitrogen and oxygen atoms in total. The van der Waals surface area contributed by atoms with Crippen molar-refractivity contribution >= 4 is 11.7 Å². The molecule has 1 aliphatic heterocycles. The van der Waals surface area contributed by atoms with Crippen molar-refractivity contribution in [2.24, 2.45) is 0 Å². The predicted molar refractivity (Wildman–Crippen MR) is 123 cm³/mol. The van der Waals surface area contributed by atoms with Crippen molar-refractivity contribution < 1.29 is 9.21 Å². The van der Waals surface area contributed by atoms with Gasteiger partial charge >= 0.3 is 0 Å². The highest BCUT2D eigenvalue weighted by atomic mass is 16.3. The van der Waals surface area contributed by atoms with Crippen LogP contribution >= 0.6 is 0 Å². The van der Waals surface area contributed by atoms with Gasteiger partial charge in [0.1, 0.15) is 11.6 Å². The molecule has 1 fully saturated rings. The molecule has 1 aliphatic rings. The first-order valence-electron chi connectivity index (χ1n) is 11.2. The number of carbonyl (C=O) groups excluding carboxylic acids is 1. The van der Waals surface area contributed by atoms with Gasteiger partial charge in [0.25, 0.3) is 0 Å². The SMILES string of the molecule is CCN[C@H]1CCN(CCC(=O)Nc2cc(-n3nc(C)cc3C)nc(-c3ccc(C)o3)n2)C1. The van der Waals surface area contributed by atoms with Crippen LogP contribution in [0.3, 0.4) is 0 Å². The Kier molecular flexibility index (Phi) is 6.66. The number of amides is 1. The first kappa shape index (κ1) is 22.2.